The highest BCUT2D eigenvalue weighted by Crippen LogP contribution is 2.49. The third-order valence-corrected chi connectivity index (χ3v) is 9.73. The average Bonchev–Trinajstić information content (AvgIpc) is 3.72. The minimum absolute atomic E-state index is 0.118. The zero-order valence-corrected chi connectivity index (χ0v) is 28.8. The van der Waals surface area contributed by atoms with Crippen LogP contribution in [0.25, 0.3) is 21.9 Å². The first kappa shape index (κ1) is 34.7. The number of halogens is 1. The second-order valence-corrected chi connectivity index (χ2v) is 15.3. The van der Waals surface area contributed by atoms with Crippen molar-refractivity contribution in [1.82, 2.24) is 24.6 Å². The quantitative estimate of drug-likeness (QED) is 0.101. The molecule has 1 unspecified atom stereocenters. The van der Waals surface area contributed by atoms with Crippen molar-refractivity contribution in [2.75, 3.05) is 18.5 Å². The number of aliphatic hydroxyl groups excluding tert-OH is 1. The summed E-state index contributed by atoms with van der Waals surface area (Å²) in [4.78, 5) is 26.2. The van der Waals surface area contributed by atoms with Gasteiger partial charge in [-0.3, -0.25) is 13.9 Å². The van der Waals surface area contributed by atoms with E-state index in [9.17, 15) is 14.5 Å². The number of hydrogen-bond acceptors (Lipinski definition) is 11. The van der Waals surface area contributed by atoms with Crippen LogP contribution in [0.15, 0.2) is 48.8 Å². The van der Waals surface area contributed by atoms with E-state index in [1.807, 2.05) is 44.9 Å². The lowest BCUT2D eigenvalue weighted by Crippen LogP contribution is -2.42. The standard InChI is InChI=1S/C34H40FN6O7P/c1-7-34(35)28(42)26(47-32(34)41-19-36-27-29(39-23-15-16-23)37-21(3)38-30(27)41)17-46-49(44,40-20(2)31(43)45-18-33(4,5)6)48-25-14-10-12-22-11-8-9-13-24(22)25/h1,8-14,19-20,23,26,28,32,42H,15-18H2,2-6H3,(H,40,44)(H,37,38,39)/t20-,26+,28+,32+,34+,49?/m0/s1. The number of aliphatic hydroxyl groups is 1. The summed E-state index contributed by atoms with van der Waals surface area (Å²) in [5.41, 5.74) is -2.43. The number of fused-ring (bicyclic) bond motifs is 2. The van der Waals surface area contributed by atoms with Gasteiger partial charge in [-0.25, -0.2) is 23.9 Å². The van der Waals surface area contributed by atoms with Crippen LogP contribution >= 0.6 is 7.75 Å². The maximum Gasteiger partial charge on any atom is 0.459 e. The molecule has 0 bridgehead atoms. The molecule has 1 aliphatic heterocycles. The Balaban J connectivity index is 1.26. The van der Waals surface area contributed by atoms with E-state index in [0.29, 0.717) is 22.5 Å². The van der Waals surface area contributed by atoms with Gasteiger partial charge in [0.05, 0.1) is 19.5 Å². The first-order valence-corrected chi connectivity index (χ1v) is 17.6. The molecule has 6 rings (SSSR count). The molecule has 2 aromatic carbocycles. The minimum atomic E-state index is -4.45. The molecule has 1 aliphatic carbocycles. The van der Waals surface area contributed by atoms with Gasteiger partial charge in [-0.15, -0.1) is 6.42 Å². The Morgan fingerprint density at radius 3 is 2.69 bits per heavy atom. The fourth-order valence-electron chi connectivity index (χ4n) is 5.40. The molecule has 0 radical (unpaired) electrons. The molecule has 1 saturated carbocycles. The zero-order chi connectivity index (χ0) is 35.1. The molecule has 2 aliphatic rings. The molecular formula is C34H40FN6O7P. The summed E-state index contributed by atoms with van der Waals surface area (Å²) in [5.74, 6) is 2.47. The van der Waals surface area contributed by atoms with Crippen molar-refractivity contribution in [3.05, 3.63) is 54.6 Å². The molecule has 0 spiro atoms. The lowest BCUT2D eigenvalue weighted by Gasteiger charge is -2.26. The predicted octanol–water partition coefficient (Wildman–Crippen LogP) is 5.23. The number of aryl methyl sites for hydroxylation is 1. The number of aromatic nitrogens is 4. The van der Waals surface area contributed by atoms with Gasteiger partial charge in [0, 0.05) is 11.4 Å². The summed E-state index contributed by atoms with van der Waals surface area (Å²) in [7, 11) is -4.45. The summed E-state index contributed by atoms with van der Waals surface area (Å²) in [6, 6.07) is 11.6. The van der Waals surface area contributed by atoms with Crippen LogP contribution in [0.3, 0.4) is 0 Å². The number of benzene rings is 2. The summed E-state index contributed by atoms with van der Waals surface area (Å²) >= 11 is 0. The van der Waals surface area contributed by atoms with E-state index in [2.05, 4.69) is 25.4 Å². The number of nitrogens with one attached hydrogen (secondary N) is 2. The Bertz CT molecular complexity index is 1950. The number of terminal acetylenes is 1. The summed E-state index contributed by atoms with van der Waals surface area (Å²) in [6.07, 6.45) is 4.05. The van der Waals surface area contributed by atoms with Crippen molar-refractivity contribution in [3.63, 3.8) is 0 Å². The van der Waals surface area contributed by atoms with Gasteiger partial charge in [-0.2, -0.15) is 5.09 Å². The van der Waals surface area contributed by atoms with Crippen LogP contribution in [0.1, 0.15) is 52.6 Å². The molecule has 2 aromatic heterocycles. The van der Waals surface area contributed by atoms with Crippen LogP contribution in [0.5, 0.6) is 5.75 Å². The first-order chi connectivity index (χ1) is 23.2. The second kappa shape index (κ2) is 13.3. The van der Waals surface area contributed by atoms with E-state index >= 15 is 4.39 Å². The van der Waals surface area contributed by atoms with Crippen LogP contribution in [-0.4, -0.2) is 73.8 Å². The Morgan fingerprint density at radius 2 is 1.98 bits per heavy atom. The van der Waals surface area contributed by atoms with E-state index in [1.54, 1.807) is 31.2 Å². The molecule has 15 heteroatoms. The van der Waals surface area contributed by atoms with Gasteiger partial charge in [-0.05, 0) is 43.6 Å². The highest BCUT2D eigenvalue weighted by atomic mass is 31.2. The normalized spacial score (nSPS) is 24.3. The maximum absolute atomic E-state index is 16.5. The number of carbonyl (C=O) groups is 1. The number of rotatable bonds is 12. The number of alkyl halides is 1. The third-order valence-electron chi connectivity index (χ3n) is 8.10. The molecule has 3 N–H and O–H groups in total. The molecule has 1 saturated heterocycles. The molecule has 4 aromatic rings. The summed E-state index contributed by atoms with van der Waals surface area (Å²) < 4.78 is 55.5. The van der Waals surface area contributed by atoms with Gasteiger partial charge >= 0.3 is 13.7 Å². The van der Waals surface area contributed by atoms with E-state index in [0.717, 1.165) is 18.2 Å². The fourth-order valence-corrected chi connectivity index (χ4v) is 6.92. The van der Waals surface area contributed by atoms with Gasteiger partial charge in [0.2, 0.25) is 5.67 Å². The van der Waals surface area contributed by atoms with Gasteiger partial charge in [-0.1, -0.05) is 63.1 Å². The van der Waals surface area contributed by atoms with Crippen molar-refractivity contribution in [2.24, 2.45) is 5.41 Å². The molecule has 49 heavy (non-hydrogen) atoms. The number of carbonyl (C=O) groups excluding carboxylic acids is 1. The lowest BCUT2D eigenvalue weighted by molar-refractivity contribution is -0.148. The fraction of sp³-hybridized carbons (Fsp3) is 0.471. The molecule has 13 nitrogen and oxygen atoms in total. The van der Waals surface area contributed by atoms with Crippen molar-refractivity contribution in [1.29, 1.82) is 0 Å². The number of nitrogens with zero attached hydrogens (tertiary/aromatic N) is 4. The molecule has 2 fully saturated rings. The highest BCUT2D eigenvalue weighted by Gasteiger charge is 2.58. The Hall–Kier alpha value is -4.12. The maximum atomic E-state index is 16.5. The van der Waals surface area contributed by atoms with Crippen LogP contribution < -0.4 is 14.9 Å². The Morgan fingerprint density at radius 1 is 1.24 bits per heavy atom. The van der Waals surface area contributed by atoms with E-state index in [4.69, 9.17) is 24.9 Å². The van der Waals surface area contributed by atoms with Gasteiger partial charge in [0.15, 0.2) is 23.2 Å². The van der Waals surface area contributed by atoms with Crippen LogP contribution in [0, 0.1) is 24.7 Å². The largest absolute Gasteiger partial charge is 0.464 e. The smallest absolute Gasteiger partial charge is 0.459 e. The van der Waals surface area contributed by atoms with Crippen LogP contribution in [-0.2, 0) is 23.4 Å². The van der Waals surface area contributed by atoms with Crippen molar-refractivity contribution in [2.45, 2.75) is 83.6 Å². The van der Waals surface area contributed by atoms with E-state index in [1.165, 1.54) is 17.8 Å². The third kappa shape index (κ3) is 7.41. The first-order valence-electron chi connectivity index (χ1n) is 16.0. The number of imidazole rings is 1. The predicted molar refractivity (Wildman–Crippen MR) is 180 cm³/mol. The van der Waals surface area contributed by atoms with Gasteiger partial charge in [0.1, 0.15) is 29.8 Å². The van der Waals surface area contributed by atoms with Crippen molar-refractivity contribution < 1.29 is 37.4 Å². The Kier molecular flexibility index (Phi) is 9.43. The zero-order valence-electron chi connectivity index (χ0n) is 27.9. The Labute approximate surface area is 283 Å². The van der Waals surface area contributed by atoms with Gasteiger partial charge < -0.3 is 24.4 Å². The molecule has 3 heterocycles. The van der Waals surface area contributed by atoms with E-state index in [-0.39, 0.29) is 29.5 Å². The number of esters is 1. The minimum Gasteiger partial charge on any atom is -0.464 e. The highest BCUT2D eigenvalue weighted by molar-refractivity contribution is 7.52. The van der Waals surface area contributed by atoms with Crippen LogP contribution in [0.2, 0.25) is 0 Å². The van der Waals surface area contributed by atoms with Crippen molar-refractivity contribution in [3.8, 4) is 18.1 Å². The number of hydrogen-bond donors (Lipinski definition) is 3. The molecule has 6 atom stereocenters. The summed E-state index contributed by atoms with van der Waals surface area (Å²) in [6.45, 7) is 8.34. The number of anilines is 1. The summed E-state index contributed by atoms with van der Waals surface area (Å²) in [5, 5.41) is 18.6. The van der Waals surface area contributed by atoms with Crippen molar-refractivity contribution >= 4 is 41.5 Å². The molecule has 260 valence electrons. The SMILES string of the molecule is C#C[C@@]1(F)[C@H](O)[C@@H](COP(=O)(N[C@@H](C)C(=O)OCC(C)(C)C)Oc2cccc3ccccc23)O[C@H]1n1cnc2c(NC3CC3)nc(C)nc21. The number of ether oxygens (including phenoxy) is 2. The van der Waals surface area contributed by atoms with E-state index < -0.39 is 50.5 Å². The molecule has 0 amide bonds. The second-order valence-electron chi connectivity index (χ2n) is 13.6. The molecular weight excluding hydrogens is 654 g/mol. The monoisotopic (exact) mass is 694 g/mol. The van der Waals surface area contributed by atoms with Gasteiger partial charge in [0.25, 0.3) is 0 Å². The average molecular weight is 695 g/mol. The van der Waals surface area contributed by atoms with Crippen LogP contribution in [0.4, 0.5) is 10.2 Å². The lowest BCUT2D eigenvalue weighted by atomic mass is 9.97. The topological polar surface area (TPSA) is 159 Å².